The molecule has 1 saturated heterocycles. The Morgan fingerprint density at radius 3 is 3.05 bits per heavy atom. The van der Waals surface area contributed by atoms with Crippen LogP contribution in [-0.4, -0.2) is 41.3 Å². The quantitative estimate of drug-likeness (QED) is 0.900. The summed E-state index contributed by atoms with van der Waals surface area (Å²) < 4.78 is 5.21. The van der Waals surface area contributed by atoms with Crippen molar-refractivity contribution in [3.05, 3.63) is 29.8 Å². The molecule has 3 rings (SSSR count). The van der Waals surface area contributed by atoms with Gasteiger partial charge in [0.25, 0.3) is 0 Å². The van der Waals surface area contributed by atoms with Crippen molar-refractivity contribution in [2.24, 2.45) is 0 Å². The van der Waals surface area contributed by atoms with Gasteiger partial charge in [0.15, 0.2) is 0 Å². The van der Waals surface area contributed by atoms with Gasteiger partial charge < -0.3 is 15.6 Å². The van der Waals surface area contributed by atoms with Crippen molar-refractivity contribution < 1.29 is 9.84 Å². The number of piperidine rings is 1. The minimum atomic E-state index is -0.224. The molecule has 1 fully saturated rings. The van der Waals surface area contributed by atoms with Crippen LogP contribution in [0, 0.1) is 0 Å². The SMILES string of the molecule is COc1ccc2cc(CN3CCCC(O)C3)c(N)nc2c1. The molecule has 1 atom stereocenters. The van der Waals surface area contributed by atoms with Gasteiger partial charge in [-0.3, -0.25) is 4.90 Å². The van der Waals surface area contributed by atoms with Gasteiger partial charge in [0.2, 0.25) is 0 Å². The number of nitrogens with two attached hydrogens (primary N) is 1. The molecule has 0 spiro atoms. The predicted molar refractivity (Wildman–Crippen MR) is 83.2 cm³/mol. The summed E-state index contributed by atoms with van der Waals surface area (Å²) in [7, 11) is 1.64. The maximum absolute atomic E-state index is 9.75. The van der Waals surface area contributed by atoms with Crippen molar-refractivity contribution in [3.63, 3.8) is 0 Å². The molecule has 2 aromatic rings. The first-order chi connectivity index (χ1) is 10.2. The van der Waals surface area contributed by atoms with Crippen molar-refractivity contribution >= 4 is 16.7 Å². The number of hydrogen-bond donors (Lipinski definition) is 2. The number of aliphatic hydroxyl groups is 1. The second-order valence-electron chi connectivity index (χ2n) is 5.62. The van der Waals surface area contributed by atoms with E-state index in [1.807, 2.05) is 18.2 Å². The van der Waals surface area contributed by atoms with Crippen LogP contribution in [0.5, 0.6) is 5.75 Å². The van der Waals surface area contributed by atoms with E-state index < -0.39 is 0 Å². The minimum absolute atomic E-state index is 0.224. The van der Waals surface area contributed by atoms with Crippen molar-refractivity contribution in [2.45, 2.75) is 25.5 Å². The largest absolute Gasteiger partial charge is 0.497 e. The highest BCUT2D eigenvalue weighted by atomic mass is 16.5. The number of aliphatic hydroxyl groups excluding tert-OH is 1. The molecule has 0 saturated carbocycles. The zero-order valence-corrected chi connectivity index (χ0v) is 12.2. The van der Waals surface area contributed by atoms with E-state index in [1.54, 1.807) is 7.11 Å². The molecule has 1 aromatic heterocycles. The predicted octanol–water partition coefficient (Wildman–Crippen LogP) is 1.78. The number of fused-ring (bicyclic) bond motifs is 1. The van der Waals surface area contributed by atoms with Crippen LogP contribution in [0.3, 0.4) is 0 Å². The fourth-order valence-corrected chi connectivity index (χ4v) is 2.87. The minimum Gasteiger partial charge on any atom is -0.497 e. The zero-order chi connectivity index (χ0) is 14.8. The van der Waals surface area contributed by atoms with E-state index in [1.165, 1.54) is 0 Å². The molecule has 5 heteroatoms. The Balaban J connectivity index is 1.86. The molecule has 0 bridgehead atoms. The Morgan fingerprint density at radius 2 is 2.29 bits per heavy atom. The highest BCUT2D eigenvalue weighted by Crippen LogP contribution is 2.24. The lowest BCUT2D eigenvalue weighted by molar-refractivity contribution is 0.0669. The number of nitrogens with zero attached hydrogens (tertiary/aromatic N) is 2. The van der Waals surface area contributed by atoms with Gasteiger partial charge in [-0.05, 0) is 37.6 Å². The molecule has 1 aromatic carbocycles. The van der Waals surface area contributed by atoms with E-state index in [9.17, 15) is 5.11 Å². The molecule has 0 aliphatic carbocycles. The number of nitrogen functional groups attached to an aromatic ring is 1. The van der Waals surface area contributed by atoms with Crippen molar-refractivity contribution in [3.8, 4) is 5.75 Å². The molecular weight excluding hydrogens is 266 g/mol. The molecule has 2 heterocycles. The van der Waals surface area contributed by atoms with E-state index in [0.29, 0.717) is 12.4 Å². The van der Waals surface area contributed by atoms with E-state index in [2.05, 4.69) is 16.0 Å². The standard InChI is InChI=1S/C16H21N3O2/c1-21-14-5-4-11-7-12(16(17)18-15(11)8-14)9-19-6-2-3-13(20)10-19/h4-5,7-8,13,20H,2-3,6,9-10H2,1H3,(H2,17,18). The summed E-state index contributed by atoms with van der Waals surface area (Å²) in [6, 6.07) is 7.89. The molecule has 21 heavy (non-hydrogen) atoms. The van der Waals surface area contributed by atoms with Gasteiger partial charge in [-0.25, -0.2) is 4.98 Å². The molecule has 1 aliphatic rings. The van der Waals surface area contributed by atoms with Crippen LogP contribution >= 0.6 is 0 Å². The lowest BCUT2D eigenvalue weighted by atomic mass is 10.1. The Labute approximate surface area is 124 Å². The molecule has 3 N–H and O–H groups in total. The number of anilines is 1. The summed E-state index contributed by atoms with van der Waals surface area (Å²) in [5.41, 5.74) is 7.95. The van der Waals surface area contributed by atoms with Crippen LogP contribution in [0.4, 0.5) is 5.82 Å². The van der Waals surface area contributed by atoms with Gasteiger partial charge in [0.1, 0.15) is 11.6 Å². The van der Waals surface area contributed by atoms with Crippen molar-refractivity contribution in [1.29, 1.82) is 0 Å². The summed E-state index contributed by atoms with van der Waals surface area (Å²) in [4.78, 5) is 6.71. The highest BCUT2D eigenvalue weighted by molar-refractivity contribution is 5.82. The maximum Gasteiger partial charge on any atom is 0.128 e. The van der Waals surface area contributed by atoms with Gasteiger partial charge in [-0.1, -0.05) is 0 Å². The van der Waals surface area contributed by atoms with Gasteiger partial charge in [0.05, 0.1) is 18.7 Å². The van der Waals surface area contributed by atoms with Crippen LogP contribution in [0.25, 0.3) is 10.9 Å². The topological polar surface area (TPSA) is 71.6 Å². The van der Waals surface area contributed by atoms with Gasteiger partial charge in [-0.2, -0.15) is 0 Å². The highest BCUT2D eigenvalue weighted by Gasteiger charge is 2.18. The smallest absolute Gasteiger partial charge is 0.128 e. The Morgan fingerprint density at radius 1 is 1.43 bits per heavy atom. The second-order valence-corrected chi connectivity index (χ2v) is 5.62. The van der Waals surface area contributed by atoms with E-state index in [0.717, 1.165) is 48.1 Å². The third-order valence-electron chi connectivity index (χ3n) is 4.01. The number of benzene rings is 1. The number of rotatable bonds is 3. The molecule has 1 unspecified atom stereocenters. The van der Waals surface area contributed by atoms with E-state index in [4.69, 9.17) is 10.5 Å². The summed E-state index contributed by atoms with van der Waals surface area (Å²) in [6.45, 7) is 2.44. The number of aromatic nitrogens is 1. The lowest BCUT2D eigenvalue weighted by Crippen LogP contribution is -2.37. The Bertz CT molecular complexity index is 645. The third kappa shape index (κ3) is 3.09. The van der Waals surface area contributed by atoms with Gasteiger partial charge in [0, 0.05) is 30.1 Å². The van der Waals surface area contributed by atoms with Crippen LogP contribution in [-0.2, 0) is 6.54 Å². The lowest BCUT2D eigenvalue weighted by Gasteiger charge is -2.30. The van der Waals surface area contributed by atoms with Gasteiger partial charge >= 0.3 is 0 Å². The third-order valence-corrected chi connectivity index (χ3v) is 4.01. The fourth-order valence-electron chi connectivity index (χ4n) is 2.87. The normalized spacial score (nSPS) is 19.8. The fraction of sp³-hybridized carbons (Fsp3) is 0.438. The monoisotopic (exact) mass is 287 g/mol. The first-order valence-corrected chi connectivity index (χ1v) is 7.29. The van der Waals surface area contributed by atoms with Gasteiger partial charge in [-0.15, -0.1) is 0 Å². The Kier molecular flexibility index (Phi) is 3.94. The summed E-state index contributed by atoms with van der Waals surface area (Å²) in [5, 5.41) is 10.8. The van der Waals surface area contributed by atoms with Crippen LogP contribution in [0.1, 0.15) is 18.4 Å². The number of ether oxygens (including phenoxy) is 1. The maximum atomic E-state index is 9.75. The molecule has 1 aliphatic heterocycles. The first-order valence-electron chi connectivity index (χ1n) is 7.29. The van der Waals surface area contributed by atoms with Crippen LogP contribution in [0.2, 0.25) is 0 Å². The Hall–Kier alpha value is -1.85. The summed E-state index contributed by atoms with van der Waals surface area (Å²) >= 11 is 0. The number of hydrogen-bond acceptors (Lipinski definition) is 5. The average Bonchev–Trinajstić information content (AvgIpc) is 2.47. The first kappa shape index (κ1) is 14.1. The van der Waals surface area contributed by atoms with E-state index in [-0.39, 0.29) is 6.10 Å². The molecule has 112 valence electrons. The number of methoxy groups -OCH3 is 1. The molecule has 0 radical (unpaired) electrons. The average molecular weight is 287 g/mol. The molecular formula is C16H21N3O2. The van der Waals surface area contributed by atoms with Crippen molar-refractivity contribution in [1.82, 2.24) is 9.88 Å². The van der Waals surface area contributed by atoms with Crippen LogP contribution in [0.15, 0.2) is 24.3 Å². The summed E-state index contributed by atoms with van der Waals surface area (Å²) in [5.74, 6) is 1.33. The zero-order valence-electron chi connectivity index (χ0n) is 12.2. The number of pyridine rings is 1. The number of likely N-dealkylation sites (tertiary alicyclic amines) is 1. The molecule has 0 amide bonds. The van der Waals surface area contributed by atoms with E-state index >= 15 is 0 Å². The summed E-state index contributed by atoms with van der Waals surface area (Å²) in [6.07, 6.45) is 1.69. The number of β-amino-alcohol motifs (C(OH)–C–C–N with tert-alkyl or cyclic N) is 1. The van der Waals surface area contributed by atoms with Crippen LogP contribution < -0.4 is 10.5 Å². The second kappa shape index (κ2) is 5.87. The molecule has 5 nitrogen and oxygen atoms in total. The van der Waals surface area contributed by atoms with Crippen molar-refractivity contribution in [2.75, 3.05) is 25.9 Å².